The summed E-state index contributed by atoms with van der Waals surface area (Å²) in [5.74, 6) is -0.217. The molecule has 1 aromatic heterocycles. The Morgan fingerprint density at radius 2 is 1.74 bits per heavy atom. The predicted octanol–water partition coefficient (Wildman–Crippen LogP) is 2.76. The van der Waals surface area contributed by atoms with Crippen molar-refractivity contribution in [2.75, 3.05) is 11.9 Å². The molecule has 0 aromatic carbocycles. The Morgan fingerprint density at radius 3 is 2.30 bits per heavy atom. The Kier molecular flexibility index (Phi) is 5.75. The summed E-state index contributed by atoms with van der Waals surface area (Å²) in [5.41, 5.74) is 1.33. The summed E-state index contributed by atoms with van der Waals surface area (Å²) in [6.07, 6.45) is 1.70. The summed E-state index contributed by atoms with van der Waals surface area (Å²) in [7, 11) is 0. The first-order valence-electron chi connectivity index (χ1n) is 7.71. The van der Waals surface area contributed by atoms with Gasteiger partial charge in [-0.3, -0.25) is 9.78 Å². The maximum atomic E-state index is 12.3. The average Bonchev–Trinajstić information content (AvgIpc) is 2.38. The second-order valence-corrected chi connectivity index (χ2v) is 7.59. The van der Waals surface area contributed by atoms with Gasteiger partial charge in [0.2, 0.25) is 5.91 Å². The van der Waals surface area contributed by atoms with Gasteiger partial charge < -0.3 is 16.0 Å². The molecule has 0 aliphatic heterocycles. The molecule has 3 N–H and O–H groups in total. The van der Waals surface area contributed by atoms with Crippen LogP contribution >= 0.6 is 0 Å². The van der Waals surface area contributed by atoms with Crippen LogP contribution in [-0.2, 0) is 4.79 Å². The van der Waals surface area contributed by atoms with Gasteiger partial charge in [0.1, 0.15) is 5.54 Å². The fourth-order valence-electron chi connectivity index (χ4n) is 1.82. The Labute approximate surface area is 138 Å². The first-order chi connectivity index (χ1) is 10.4. The smallest absolute Gasteiger partial charge is 0.320 e. The van der Waals surface area contributed by atoms with Gasteiger partial charge in [0, 0.05) is 24.1 Å². The number of carbonyl (C=O) groups is 2. The molecule has 6 heteroatoms. The van der Waals surface area contributed by atoms with Gasteiger partial charge in [-0.25, -0.2) is 4.79 Å². The minimum absolute atomic E-state index is 0.0142. The number of aromatic nitrogens is 1. The minimum atomic E-state index is -1.01. The van der Waals surface area contributed by atoms with Gasteiger partial charge in [0.05, 0.1) is 0 Å². The molecule has 23 heavy (non-hydrogen) atoms. The van der Waals surface area contributed by atoms with E-state index in [4.69, 9.17) is 0 Å². The summed E-state index contributed by atoms with van der Waals surface area (Å²) >= 11 is 0. The van der Waals surface area contributed by atoms with Crippen LogP contribution in [0.15, 0.2) is 12.3 Å². The summed E-state index contributed by atoms with van der Waals surface area (Å²) in [6.45, 7) is 13.7. The van der Waals surface area contributed by atoms with Crippen molar-refractivity contribution >= 4 is 17.6 Å². The number of hydrogen-bond acceptors (Lipinski definition) is 3. The average molecular weight is 320 g/mol. The molecule has 0 aliphatic carbocycles. The Balaban J connectivity index is 2.67. The van der Waals surface area contributed by atoms with Crippen LogP contribution in [0.2, 0.25) is 0 Å². The SMILES string of the molecule is Cc1cc(NC(=O)NC(C)(C)C(=O)NCC(C)(C)C)c(C)cn1. The van der Waals surface area contributed by atoms with E-state index in [1.54, 1.807) is 26.1 Å². The van der Waals surface area contributed by atoms with E-state index < -0.39 is 11.6 Å². The molecule has 3 amide bonds. The number of urea groups is 1. The highest BCUT2D eigenvalue weighted by Crippen LogP contribution is 2.15. The van der Waals surface area contributed by atoms with E-state index in [9.17, 15) is 9.59 Å². The fourth-order valence-corrected chi connectivity index (χ4v) is 1.82. The topological polar surface area (TPSA) is 83.1 Å². The van der Waals surface area contributed by atoms with E-state index >= 15 is 0 Å². The molecule has 1 rings (SSSR count). The van der Waals surface area contributed by atoms with Crippen LogP contribution < -0.4 is 16.0 Å². The van der Waals surface area contributed by atoms with Crippen LogP contribution in [-0.4, -0.2) is 29.0 Å². The van der Waals surface area contributed by atoms with Crippen LogP contribution in [0, 0.1) is 19.3 Å². The van der Waals surface area contributed by atoms with Crippen molar-refractivity contribution in [1.29, 1.82) is 0 Å². The first kappa shape index (κ1) is 18.9. The zero-order valence-corrected chi connectivity index (χ0v) is 15.1. The quantitative estimate of drug-likeness (QED) is 0.797. The monoisotopic (exact) mass is 320 g/mol. The number of carbonyl (C=O) groups excluding carboxylic acids is 2. The zero-order valence-electron chi connectivity index (χ0n) is 15.1. The third-order valence-corrected chi connectivity index (χ3v) is 3.26. The standard InChI is InChI=1S/C17H28N4O2/c1-11-9-18-12(2)8-13(11)20-15(23)21-17(6,7)14(22)19-10-16(3,4)5/h8-9H,10H2,1-7H3,(H,19,22)(H2,18,20,21,23). The minimum Gasteiger partial charge on any atom is -0.354 e. The van der Waals surface area contributed by atoms with Crippen LogP contribution in [0.25, 0.3) is 0 Å². The van der Waals surface area contributed by atoms with Crippen LogP contribution in [0.1, 0.15) is 45.9 Å². The van der Waals surface area contributed by atoms with Crippen LogP contribution in [0.4, 0.5) is 10.5 Å². The predicted molar refractivity (Wildman–Crippen MR) is 92.4 cm³/mol. The number of amides is 3. The molecule has 0 radical (unpaired) electrons. The van der Waals surface area contributed by atoms with Gasteiger partial charge >= 0.3 is 6.03 Å². The molecule has 128 valence electrons. The number of aryl methyl sites for hydroxylation is 2. The highest BCUT2D eigenvalue weighted by atomic mass is 16.2. The molecule has 0 aliphatic rings. The summed E-state index contributed by atoms with van der Waals surface area (Å²) in [5, 5.41) is 8.33. The molecular formula is C17H28N4O2. The van der Waals surface area contributed by atoms with Crippen molar-refractivity contribution in [2.45, 2.75) is 54.0 Å². The summed E-state index contributed by atoms with van der Waals surface area (Å²) < 4.78 is 0. The Bertz CT molecular complexity index is 589. The molecular weight excluding hydrogens is 292 g/mol. The molecule has 0 saturated heterocycles. The third-order valence-electron chi connectivity index (χ3n) is 3.26. The highest BCUT2D eigenvalue weighted by molar-refractivity contribution is 5.95. The van der Waals surface area contributed by atoms with Crippen molar-refractivity contribution in [3.63, 3.8) is 0 Å². The lowest BCUT2D eigenvalue weighted by molar-refractivity contribution is -0.126. The Hall–Kier alpha value is -2.11. The maximum Gasteiger partial charge on any atom is 0.320 e. The molecule has 0 saturated carbocycles. The van der Waals surface area contributed by atoms with E-state index in [0.29, 0.717) is 12.2 Å². The third kappa shape index (κ3) is 6.26. The van der Waals surface area contributed by atoms with E-state index in [-0.39, 0.29) is 11.3 Å². The van der Waals surface area contributed by atoms with Crippen molar-refractivity contribution in [2.24, 2.45) is 5.41 Å². The second-order valence-electron chi connectivity index (χ2n) is 7.59. The van der Waals surface area contributed by atoms with Gasteiger partial charge in [-0.15, -0.1) is 0 Å². The number of pyridine rings is 1. The molecule has 6 nitrogen and oxygen atoms in total. The van der Waals surface area contributed by atoms with Crippen LogP contribution in [0.3, 0.4) is 0 Å². The lowest BCUT2D eigenvalue weighted by atomic mass is 9.96. The number of rotatable bonds is 4. The maximum absolute atomic E-state index is 12.3. The van der Waals surface area contributed by atoms with Crippen molar-refractivity contribution in [3.8, 4) is 0 Å². The lowest BCUT2D eigenvalue weighted by Crippen LogP contribution is -2.56. The first-order valence-corrected chi connectivity index (χ1v) is 7.71. The van der Waals surface area contributed by atoms with Gasteiger partial charge in [0.15, 0.2) is 0 Å². The van der Waals surface area contributed by atoms with Gasteiger partial charge in [-0.1, -0.05) is 20.8 Å². The Morgan fingerprint density at radius 1 is 1.13 bits per heavy atom. The van der Waals surface area contributed by atoms with E-state index in [2.05, 4.69) is 20.9 Å². The summed E-state index contributed by atoms with van der Waals surface area (Å²) in [4.78, 5) is 28.6. The van der Waals surface area contributed by atoms with Crippen molar-refractivity contribution < 1.29 is 9.59 Å². The molecule has 0 fully saturated rings. The van der Waals surface area contributed by atoms with Gasteiger partial charge in [0.25, 0.3) is 0 Å². The van der Waals surface area contributed by atoms with E-state index in [1.807, 2.05) is 34.6 Å². The zero-order chi connectivity index (χ0) is 17.8. The molecule has 1 aromatic rings. The molecule has 0 spiro atoms. The number of anilines is 1. The number of nitrogens with zero attached hydrogens (tertiary/aromatic N) is 1. The van der Waals surface area contributed by atoms with Crippen LogP contribution in [0.5, 0.6) is 0 Å². The number of nitrogens with one attached hydrogen (secondary N) is 3. The second kappa shape index (κ2) is 6.98. The largest absolute Gasteiger partial charge is 0.354 e. The van der Waals surface area contributed by atoms with E-state index in [1.165, 1.54) is 0 Å². The summed E-state index contributed by atoms with van der Waals surface area (Å²) in [6, 6.07) is 1.37. The highest BCUT2D eigenvalue weighted by Gasteiger charge is 2.30. The lowest BCUT2D eigenvalue weighted by Gasteiger charge is -2.28. The van der Waals surface area contributed by atoms with Crippen molar-refractivity contribution in [3.05, 3.63) is 23.5 Å². The van der Waals surface area contributed by atoms with Gasteiger partial charge in [-0.05, 0) is 44.7 Å². The van der Waals surface area contributed by atoms with Crippen molar-refractivity contribution in [1.82, 2.24) is 15.6 Å². The molecule has 0 bridgehead atoms. The molecule has 1 heterocycles. The van der Waals surface area contributed by atoms with E-state index in [0.717, 1.165) is 11.3 Å². The molecule has 0 atom stereocenters. The normalized spacial score (nSPS) is 11.8. The molecule has 0 unspecified atom stereocenters. The van der Waals surface area contributed by atoms with Gasteiger partial charge in [-0.2, -0.15) is 0 Å². The fraction of sp³-hybridized carbons (Fsp3) is 0.588. The number of hydrogen-bond donors (Lipinski definition) is 3.